The summed E-state index contributed by atoms with van der Waals surface area (Å²) in [5.41, 5.74) is 4.67. The van der Waals surface area contributed by atoms with Gasteiger partial charge >= 0.3 is 0 Å². The van der Waals surface area contributed by atoms with E-state index in [-0.39, 0.29) is 5.75 Å². The molecule has 0 saturated heterocycles. The van der Waals surface area contributed by atoms with Crippen molar-refractivity contribution in [3.8, 4) is 11.5 Å². The Morgan fingerprint density at radius 2 is 1.71 bits per heavy atom. The molecule has 160 valence electrons. The first-order valence-corrected chi connectivity index (χ1v) is 9.67. The van der Waals surface area contributed by atoms with E-state index in [2.05, 4.69) is 10.5 Å². The number of carbonyl (C=O) groups excluding carboxylic acids is 1. The van der Waals surface area contributed by atoms with Crippen LogP contribution >= 0.6 is 11.6 Å². The van der Waals surface area contributed by atoms with Crippen LogP contribution in [0.3, 0.4) is 0 Å². The molecule has 0 fully saturated rings. The summed E-state index contributed by atoms with van der Waals surface area (Å²) < 4.78 is 37.1. The molecule has 0 heterocycles. The van der Waals surface area contributed by atoms with Crippen LogP contribution in [0, 0.1) is 11.6 Å². The van der Waals surface area contributed by atoms with E-state index in [1.54, 1.807) is 31.2 Å². The maximum absolute atomic E-state index is 13.5. The largest absolute Gasteiger partial charge is 0.489 e. The number of halogens is 3. The third-order valence-electron chi connectivity index (χ3n) is 4.19. The SMILES string of the molecule is C/C(=N/NC(=O)COc1ccc(F)cc1F)c1ccc(OCc2ccc(Cl)cc2)cc1. The molecular weight excluding hydrogens is 426 g/mol. The molecule has 0 aromatic heterocycles. The third-order valence-corrected chi connectivity index (χ3v) is 4.44. The van der Waals surface area contributed by atoms with Crippen LogP contribution in [-0.2, 0) is 11.4 Å². The summed E-state index contributed by atoms with van der Waals surface area (Å²) in [6.45, 7) is 1.68. The van der Waals surface area contributed by atoms with Crippen LogP contribution < -0.4 is 14.9 Å². The van der Waals surface area contributed by atoms with Crippen molar-refractivity contribution in [1.29, 1.82) is 0 Å². The Hall–Kier alpha value is -3.45. The van der Waals surface area contributed by atoms with Gasteiger partial charge in [-0.25, -0.2) is 14.2 Å². The van der Waals surface area contributed by atoms with Crippen molar-refractivity contribution in [1.82, 2.24) is 5.43 Å². The number of benzene rings is 3. The minimum Gasteiger partial charge on any atom is -0.489 e. The molecule has 0 atom stereocenters. The van der Waals surface area contributed by atoms with Crippen LogP contribution in [0.25, 0.3) is 0 Å². The lowest BCUT2D eigenvalue weighted by molar-refractivity contribution is -0.123. The Labute approximate surface area is 183 Å². The lowest BCUT2D eigenvalue weighted by atomic mass is 10.1. The van der Waals surface area contributed by atoms with Crippen molar-refractivity contribution in [2.45, 2.75) is 13.5 Å². The van der Waals surface area contributed by atoms with Crippen molar-refractivity contribution in [3.05, 3.63) is 94.5 Å². The summed E-state index contributed by atoms with van der Waals surface area (Å²) in [5, 5.41) is 4.68. The zero-order valence-corrected chi connectivity index (χ0v) is 17.3. The first-order valence-electron chi connectivity index (χ1n) is 9.29. The number of hydrogen-bond donors (Lipinski definition) is 1. The predicted octanol–water partition coefficient (Wildman–Crippen LogP) is 5.12. The predicted molar refractivity (Wildman–Crippen MR) is 114 cm³/mol. The molecule has 0 spiro atoms. The summed E-state index contributed by atoms with van der Waals surface area (Å²) in [6, 6.07) is 17.5. The average Bonchev–Trinajstić information content (AvgIpc) is 2.77. The van der Waals surface area contributed by atoms with Crippen molar-refractivity contribution < 1.29 is 23.0 Å². The van der Waals surface area contributed by atoms with E-state index in [9.17, 15) is 13.6 Å². The molecule has 0 unspecified atom stereocenters. The Balaban J connectivity index is 1.48. The van der Waals surface area contributed by atoms with Crippen LogP contribution in [0.5, 0.6) is 11.5 Å². The van der Waals surface area contributed by atoms with E-state index in [1.165, 1.54) is 0 Å². The molecular formula is C23H19ClF2N2O3. The molecule has 5 nitrogen and oxygen atoms in total. The summed E-state index contributed by atoms with van der Waals surface area (Å²) >= 11 is 5.87. The second-order valence-corrected chi connectivity index (χ2v) is 6.97. The Morgan fingerprint density at radius 1 is 1.00 bits per heavy atom. The second-order valence-electron chi connectivity index (χ2n) is 6.54. The number of ether oxygens (including phenoxy) is 2. The number of hydrogen-bond acceptors (Lipinski definition) is 4. The van der Waals surface area contributed by atoms with Gasteiger partial charge in [-0.05, 0) is 66.6 Å². The summed E-state index contributed by atoms with van der Waals surface area (Å²) in [6.07, 6.45) is 0. The van der Waals surface area contributed by atoms with E-state index in [1.807, 2.05) is 24.3 Å². The van der Waals surface area contributed by atoms with E-state index in [0.717, 1.165) is 23.3 Å². The van der Waals surface area contributed by atoms with Gasteiger partial charge in [-0.1, -0.05) is 23.7 Å². The molecule has 0 saturated carbocycles. The molecule has 1 amide bonds. The highest BCUT2D eigenvalue weighted by molar-refractivity contribution is 6.30. The van der Waals surface area contributed by atoms with Gasteiger partial charge < -0.3 is 9.47 Å². The molecule has 0 aliphatic rings. The molecule has 1 N–H and O–H groups in total. The van der Waals surface area contributed by atoms with Crippen LogP contribution in [0.2, 0.25) is 5.02 Å². The number of rotatable bonds is 8. The standard InChI is InChI=1S/C23H19ClF2N2O3/c1-15(27-28-23(29)14-31-22-11-8-19(25)12-21(22)26)17-4-9-20(10-5-17)30-13-16-2-6-18(24)7-3-16/h2-12H,13-14H2,1H3,(H,28,29)/b27-15-. The van der Waals surface area contributed by atoms with Crippen LogP contribution in [0.15, 0.2) is 71.8 Å². The maximum Gasteiger partial charge on any atom is 0.277 e. The molecule has 3 aromatic rings. The quantitative estimate of drug-likeness (QED) is 0.387. The fraction of sp³-hybridized carbons (Fsp3) is 0.130. The molecule has 3 rings (SSSR count). The molecule has 0 aliphatic heterocycles. The highest BCUT2D eigenvalue weighted by atomic mass is 35.5. The van der Waals surface area contributed by atoms with Crippen molar-refractivity contribution >= 4 is 23.2 Å². The first-order chi connectivity index (χ1) is 14.9. The van der Waals surface area contributed by atoms with Gasteiger partial charge in [0.2, 0.25) is 0 Å². The van der Waals surface area contributed by atoms with Gasteiger partial charge in [0.05, 0.1) is 5.71 Å². The highest BCUT2D eigenvalue weighted by Crippen LogP contribution is 2.18. The summed E-state index contributed by atoms with van der Waals surface area (Å²) in [5.74, 6) is -1.72. The van der Waals surface area contributed by atoms with Gasteiger partial charge in [0, 0.05) is 11.1 Å². The molecule has 3 aromatic carbocycles. The van der Waals surface area contributed by atoms with Gasteiger partial charge in [0.1, 0.15) is 18.2 Å². The van der Waals surface area contributed by atoms with Gasteiger partial charge in [0.15, 0.2) is 18.2 Å². The second kappa shape index (κ2) is 10.5. The van der Waals surface area contributed by atoms with Crippen LogP contribution in [0.4, 0.5) is 8.78 Å². The maximum atomic E-state index is 13.5. The molecule has 0 bridgehead atoms. The topological polar surface area (TPSA) is 59.9 Å². The van der Waals surface area contributed by atoms with E-state index in [0.29, 0.717) is 29.2 Å². The molecule has 0 aliphatic carbocycles. The Kier molecular flexibility index (Phi) is 7.56. The summed E-state index contributed by atoms with van der Waals surface area (Å²) in [4.78, 5) is 11.9. The lowest BCUT2D eigenvalue weighted by Crippen LogP contribution is -2.25. The number of hydrazone groups is 1. The summed E-state index contributed by atoms with van der Waals surface area (Å²) in [7, 11) is 0. The fourth-order valence-electron chi connectivity index (χ4n) is 2.52. The molecule has 8 heteroatoms. The van der Waals surface area contributed by atoms with Gasteiger partial charge in [-0.15, -0.1) is 0 Å². The zero-order chi connectivity index (χ0) is 22.2. The lowest BCUT2D eigenvalue weighted by Gasteiger charge is -2.08. The molecule has 31 heavy (non-hydrogen) atoms. The normalized spacial score (nSPS) is 11.2. The van der Waals surface area contributed by atoms with Gasteiger partial charge in [-0.3, -0.25) is 4.79 Å². The molecule has 0 radical (unpaired) electrons. The zero-order valence-electron chi connectivity index (χ0n) is 16.6. The first kappa shape index (κ1) is 22.2. The van der Waals surface area contributed by atoms with Crippen LogP contribution in [-0.4, -0.2) is 18.2 Å². The Bertz CT molecular complexity index is 1070. The van der Waals surface area contributed by atoms with E-state index >= 15 is 0 Å². The van der Waals surface area contributed by atoms with E-state index < -0.39 is 24.1 Å². The minimum atomic E-state index is -0.883. The van der Waals surface area contributed by atoms with Crippen molar-refractivity contribution in [2.75, 3.05) is 6.61 Å². The van der Waals surface area contributed by atoms with Gasteiger partial charge in [0.25, 0.3) is 5.91 Å². The van der Waals surface area contributed by atoms with E-state index in [4.69, 9.17) is 21.1 Å². The number of amides is 1. The van der Waals surface area contributed by atoms with Crippen molar-refractivity contribution in [3.63, 3.8) is 0 Å². The highest BCUT2D eigenvalue weighted by Gasteiger charge is 2.08. The smallest absolute Gasteiger partial charge is 0.277 e. The van der Waals surface area contributed by atoms with Crippen LogP contribution in [0.1, 0.15) is 18.1 Å². The third kappa shape index (κ3) is 6.79. The number of nitrogens with zero attached hydrogens (tertiary/aromatic N) is 1. The average molecular weight is 445 g/mol. The Morgan fingerprint density at radius 3 is 2.39 bits per heavy atom. The minimum absolute atomic E-state index is 0.216. The number of nitrogens with one attached hydrogen (secondary N) is 1. The van der Waals surface area contributed by atoms with Crippen molar-refractivity contribution in [2.24, 2.45) is 5.10 Å². The fourth-order valence-corrected chi connectivity index (χ4v) is 2.64. The number of carbonyl (C=O) groups is 1. The van der Waals surface area contributed by atoms with Gasteiger partial charge in [-0.2, -0.15) is 5.10 Å². The monoisotopic (exact) mass is 444 g/mol.